The molecule has 0 amide bonds. The van der Waals surface area contributed by atoms with Crippen molar-refractivity contribution >= 4 is 35.5 Å². The Hall–Kier alpha value is -1.06. The van der Waals surface area contributed by atoms with E-state index < -0.39 is 5.97 Å². The van der Waals surface area contributed by atoms with Gasteiger partial charge in [-0.3, -0.25) is 4.79 Å². The van der Waals surface area contributed by atoms with Crippen LogP contribution in [0.2, 0.25) is 10.0 Å². The molecule has 1 aromatic rings. The van der Waals surface area contributed by atoms with Gasteiger partial charge in [0, 0.05) is 5.56 Å². The molecule has 0 N–H and O–H groups in total. The highest BCUT2D eigenvalue weighted by molar-refractivity contribution is 6.44. The zero-order chi connectivity index (χ0) is 10.7. The van der Waals surface area contributed by atoms with Crippen LogP contribution in [0.1, 0.15) is 20.7 Å². The lowest BCUT2D eigenvalue weighted by molar-refractivity contribution is 0.0598. The van der Waals surface area contributed by atoms with E-state index in [1.54, 1.807) is 0 Å². The third-order valence-electron chi connectivity index (χ3n) is 1.64. The molecule has 1 rings (SSSR count). The summed E-state index contributed by atoms with van der Waals surface area (Å²) in [7, 11) is 1.20. The molecule has 1 aromatic carbocycles. The maximum Gasteiger partial charge on any atom is 0.340 e. The molecule has 0 aliphatic heterocycles. The SMILES string of the molecule is COC(=O)c1c(C=O)ccc(Cl)c1Cl. The highest BCUT2D eigenvalue weighted by Crippen LogP contribution is 2.28. The molecule has 0 saturated carbocycles. The molecule has 0 spiro atoms. The Morgan fingerprint density at radius 3 is 2.57 bits per heavy atom. The van der Waals surface area contributed by atoms with Gasteiger partial charge in [0.05, 0.1) is 22.7 Å². The summed E-state index contributed by atoms with van der Waals surface area (Å²) >= 11 is 11.4. The first-order valence-electron chi connectivity index (χ1n) is 3.63. The maximum atomic E-state index is 11.2. The van der Waals surface area contributed by atoms with Gasteiger partial charge in [0.1, 0.15) is 0 Å². The minimum atomic E-state index is -0.681. The van der Waals surface area contributed by atoms with Crippen LogP contribution in [0, 0.1) is 0 Å². The van der Waals surface area contributed by atoms with Crippen LogP contribution in [0.4, 0.5) is 0 Å². The van der Waals surface area contributed by atoms with Crippen molar-refractivity contribution in [2.45, 2.75) is 0 Å². The van der Waals surface area contributed by atoms with Crippen molar-refractivity contribution in [3.8, 4) is 0 Å². The molecule has 0 bridgehead atoms. The number of hydrogen-bond donors (Lipinski definition) is 0. The summed E-state index contributed by atoms with van der Waals surface area (Å²) in [4.78, 5) is 21.8. The molecule has 0 saturated heterocycles. The van der Waals surface area contributed by atoms with E-state index in [0.717, 1.165) is 0 Å². The number of ether oxygens (including phenoxy) is 1. The molecule has 0 fully saturated rings. The van der Waals surface area contributed by atoms with E-state index in [2.05, 4.69) is 4.74 Å². The van der Waals surface area contributed by atoms with Gasteiger partial charge in [0.25, 0.3) is 0 Å². The Labute approximate surface area is 90.6 Å². The van der Waals surface area contributed by atoms with Gasteiger partial charge in [-0.15, -0.1) is 0 Å². The zero-order valence-electron chi connectivity index (χ0n) is 7.21. The molecule has 0 aromatic heterocycles. The summed E-state index contributed by atoms with van der Waals surface area (Å²) in [6.07, 6.45) is 0.522. The minimum Gasteiger partial charge on any atom is -0.465 e. The van der Waals surface area contributed by atoms with Gasteiger partial charge in [-0.2, -0.15) is 0 Å². The second-order valence-corrected chi connectivity index (χ2v) is 3.22. The average molecular weight is 233 g/mol. The molecule has 0 aliphatic rings. The molecule has 0 heterocycles. The normalized spacial score (nSPS) is 9.64. The van der Waals surface area contributed by atoms with E-state index in [4.69, 9.17) is 23.2 Å². The second-order valence-electron chi connectivity index (χ2n) is 2.44. The lowest BCUT2D eigenvalue weighted by atomic mass is 10.1. The topological polar surface area (TPSA) is 43.4 Å². The fourth-order valence-electron chi connectivity index (χ4n) is 0.973. The Morgan fingerprint density at radius 1 is 1.43 bits per heavy atom. The number of methoxy groups -OCH3 is 1. The second kappa shape index (κ2) is 4.44. The van der Waals surface area contributed by atoms with Crippen molar-refractivity contribution in [2.24, 2.45) is 0 Å². The zero-order valence-corrected chi connectivity index (χ0v) is 8.72. The highest BCUT2D eigenvalue weighted by Gasteiger charge is 2.17. The number of benzene rings is 1. The smallest absolute Gasteiger partial charge is 0.340 e. The van der Waals surface area contributed by atoms with Crippen LogP contribution in [0.3, 0.4) is 0 Å². The summed E-state index contributed by atoms with van der Waals surface area (Å²) in [6, 6.07) is 2.85. The third-order valence-corrected chi connectivity index (χ3v) is 2.45. The number of rotatable bonds is 2. The van der Waals surface area contributed by atoms with Crippen molar-refractivity contribution < 1.29 is 14.3 Å². The summed E-state index contributed by atoms with van der Waals surface area (Å²) in [5.41, 5.74) is 0.155. The van der Waals surface area contributed by atoms with E-state index in [0.29, 0.717) is 6.29 Å². The number of hydrogen-bond acceptors (Lipinski definition) is 3. The Morgan fingerprint density at radius 2 is 2.07 bits per heavy atom. The number of halogens is 2. The summed E-state index contributed by atoms with van der Waals surface area (Å²) < 4.78 is 4.47. The van der Waals surface area contributed by atoms with Gasteiger partial charge in [0.15, 0.2) is 6.29 Å². The Kier molecular flexibility index (Phi) is 3.49. The van der Waals surface area contributed by atoms with Crippen LogP contribution in [0.5, 0.6) is 0 Å². The van der Waals surface area contributed by atoms with Crippen molar-refractivity contribution in [1.82, 2.24) is 0 Å². The van der Waals surface area contributed by atoms with Gasteiger partial charge in [-0.25, -0.2) is 4.79 Å². The predicted molar refractivity (Wildman–Crippen MR) is 53.2 cm³/mol. The quantitative estimate of drug-likeness (QED) is 0.582. The van der Waals surface area contributed by atoms with Crippen LogP contribution in [0.25, 0.3) is 0 Å². The molecule has 74 valence electrons. The Bertz CT molecular complexity index is 388. The lowest BCUT2D eigenvalue weighted by Crippen LogP contribution is -2.06. The first-order chi connectivity index (χ1) is 6.61. The number of aldehydes is 1. The fourth-order valence-corrected chi connectivity index (χ4v) is 1.38. The molecule has 0 unspecified atom stereocenters. The molecule has 0 atom stereocenters. The van der Waals surface area contributed by atoms with Crippen molar-refractivity contribution in [2.75, 3.05) is 7.11 Å². The van der Waals surface area contributed by atoms with Gasteiger partial charge in [-0.1, -0.05) is 23.2 Å². The summed E-state index contributed by atoms with van der Waals surface area (Å²) in [5.74, 6) is -0.681. The molecule has 3 nitrogen and oxygen atoms in total. The van der Waals surface area contributed by atoms with E-state index >= 15 is 0 Å². The molecule has 5 heteroatoms. The van der Waals surface area contributed by atoms with Crippen molar-refractivity contribution in [1.29, 1.82) is 0 Å². The third kappa shape index (κ3) is 1.89. The molecule has 0 aliphatic carbocycles. The first-order valence-corrected chi connectivity index (χ1v) is 4.39. The van der Waals surface area contributed by atoms with Gasteiger partial charge in [-0.05, 0) is 12.1 Å². The van der Waals surface area contributed by atoms with Gasteiger partial charge in [0.2, 0.25) is 0 Å². The number of esters is 1. The average Bonchev–Trinajstić information content (AvgIpc) is 2.20. The van der Waals surface area contributed by atoms with Crippen LogP contribution in [0.15, 0.2) is 12.1 Å². The van der Waals surface area contributed by atoms with E-state index in [1.165, 1.54) is 19.2 Å². The van der Waals surface area contributed by atoms with Crippen LogP contribution in [-0.4, -0.2) is 19.4 Å². The van der Waals surface area contributed by atoms with Gasteiger partial charge >= 0.3 is 5.97 Å². The number of carbonyl (C=O) groups is 2. The standard InChI is InChI=1S/C9H6Cl2O3/c1-14-9(13)7-5(4-12)2-3-6(10)8(7)11/h2-4H,1H3. The van der Waals surface area contributed by atoms with Crippen LogP contribution < -0.4 is 0 Å². The maximum absolute atomic E-state index is 11.2. The lowest BCUT2D eigenvalue weighted by Gasteiger charge is -2.05. The monoisotopic (exact) mass is 232 g/mol. The molecular formula is C9H6Cl2O3. The van der Waals surface area contributed by atoms with E-state index in [1.807, 2.05) is 0 Å². The number of carbonyl (C=O) groups excluding carboxylic acids is 2. The predicted octanol–water partition coefficient (Wildman–Crippen LogP) is 2.59. The molecule has 0 radical (unpaired) electrons. The van der Waals surface area contributed by atoms with E-state index in [9.17, 15) is 9.59 Å². The highest BCUT2D eigenvalue weighted by atomic mass is 35.5. The summed E-state index contributed by atoms with van der Waals surface area (Å²) in [5, 5.41) is 0.237. The first kappa shape index (κ1) is 11.0. The van der Waals surface area contributed by atoms with E-state index in [-0.39, 0.29) is 21.2 Å². The largest absolute Gasteiger partial charge is 0.465 e. The molecular weight excluding hydrogens is 227 g/mol. The fraction of sp³-hybridized carbons (Fsp3) is 0.111. The minimum absolute atomic E-state index is 0.00309. The van der Waals surface area contributed by atoms with Crippen LogP contribution >= 0.6 is 23.2 Å². The van der Waals surface area contributed by atoms with Crippen LogP contribution in [-0.2, 0) is 4.74 Å². The Balaban J connectivity index is 3.42. The van der Waals surface area contributed by atoms with Gasteiger partial charge < -0.3 is 4.74 Å². The van der Waals surface area contributed by atoms with Crippen molar-refractivity contribution in [3.63, 3.8) is 0 Å². The molecule has 14 heavy (non-hydrogen) atoms. The summed E-state index contributed by atoms with van der Waals surface area (Å²) in [6.45, 7) is 0. The van der Waals surface area contributed by atoms with Crippen molar-refractivity contribution in [3.05, 3.63) is 33.3 Å².